The standard InChI is InChI=1S/C12H11Br2NO4S/c13-9-3-1-2-8(4-9)6-15-20(17,18)11-5-10(7-16)19-12(11)14/h1-5,15-16H,6-7H2. The highest BCUT2D eigenvalue weighted by molar-refractivity contribution is 9.10. The van der Waals surface area contributed by atoms with Gasteiger partial charge < -0.3 is 9.52 Å². The zero-order valence-corrected chi connectivity index (χ0v) is 14.1. The highest BCUT2D eigenvalue weighted by Crippen LogP contribution is 2.26. The Labute approximate surface area is 133 Å². The number of hydrogen-bond acceptors (Lipinski definition) is 4. The average molecular weight is 425 g/mol. The van der Waals surface area contributed by atoms with Crippen molar-refractivity contribution in [1.29, 1.82) is 0 Å². The molecule has 1 heterocycles. The van der Waals surface area contributed by atoms with Crippen molar-refractivity contribution in [3.8, 4) is 0 Å². The van der Waals surface area contributed by atoms with Crippen LogP contribution in [0.2, 0.25) is 0 Å². The minimum Gasteiger partial charge on any atom is -0.450 e. The van der Waals surface area contributed by atoms with Gasteiger partial charge >= 0.3 is 0 Å². The van der Waals surface area contributed by atoms with Crippen LogP contribution < -0.4 is 4.72 Å². The molecule has 1 aromatic heterocycles. The molecule has 0 aliphatic rings. The normalized spacial score (nSPS) is 11.8. The third-order valence-corrected chi connectivity index (χ3v) is 5.26. The molecule has 0 aliphatic carbocycles. The van der Waals surface area contributed by atoms with E-state index in [1.54, 1.807) is 0 Å². The minimum absolute atomic E-state index is 0.0310. The molecule has 0 radical (unpaired) electrons. The topological polar surface area (TPSA) is 79.5 Å². The second kappa shape index (κ2) is 6.40. The summed E-state index contributed by atoms with van der Waals surface area (Å²) in [6, 6.07) is 8.61. The molecule has 0 spiro atoms. The van der Waals surface area contributed by atoms with Gasteiger partial charge in [0.1, 0.15) is 17.3 Å². The van der Waals surface area contributed by atoms with E-state index in [-0.39, 0.29) is 28.5 Å². The van der Waals surface area contributed by atoms with Gasteiger partial charge in [-0.15, -0.1) is 0 Å². The van der Waals surface area contributed by atoms with Crippen molar-refractivity contribution >= 4 is 41.9 Å². The fraction of sp³-hybridized carbons (Fsp3) is 0.167. The lowest BCUT2D eigenvalue weighted by atomic mass is 10.2. The Morgan fingerprint density at radius 1 is 1.25 bits per heavy atom. The molecular weight excluding hydrogens is 414 g/mol. The summed E-state index contributed by atoms with van der Waals surface area (Å²) >= 11 is 6.35. The highest BCUT2D eigenvalue weighted by Gasteiger charge is 2.22. The van der Waals surface area contributed by atoms with Crippen molar-refractivity contribution in [3.63, 3.8) is 0 Å². The lowest BCUT2D eigenvalue weighted by Gasteiger charge is -2.05. The van der Waals surface area contributed by atoms with Gasteiger partial charge in [0.15, 0.2) is 4.67 Å². The van der Waals surface area contributed by atoms with Crippen molar-refractivity contribution in [2.24, 2.45) is 0 Å². The van der Waals surface area contributed by atoms with Crippen LogP contribution in [0.3, 0.4) is 0 Å². The Morgan fingerprint density at radius 2 is 2.00 bits per heavy atom. The molecule has 0 saturated carbocycles. The molecule has 0 bridgehead atoms. The number of aliphatic hydroxyl groups excluding tert-OH is 1. The Kier molecular flexibility index (Phi) is 5.03. The average Bonchev–Trinajstić information content (AvgIpc) is 2.79. The van der Waals surface area contributed by atoms with E-state index in [4.69, 9.17) is 9.52 Å². The van der Waals surface area contributed by atoms with Crippen LogP contribution in [-0.4, -0.2) is 13.5 Å². The summed E-state index contributed by atoms with van der Waals surface area (Å²) < 4.78 is 32.8. The van der Waals surface area contributed by atoms with Crippen molar-refractivity contribution in [3.05, 3.63) is 50.8 Å². The smallest absolute Gasteiger partial charge is 0.245 e. The molecule has 8 heteroatoms. The van der Waals surface area contributed by atoms with Gasteiger partial charge in [-0.1, -0.05) is 28.1 Å². The van der Waals surface area contributed by atoms with Gasteiger partial charge in [-0.05, 0) is 33.6 Å². The number of furan rings is 1. The molecule has 0 saturated heterocycles. The summed E-state index contributed by atoms with van der Waals surface area (Å²) in [5.41, 5.74) is 0.824. The molecule has 2 aromatic rings. The number of sulfonamides is 1. The summed E-state index contributed by atoms with van der Waals surface area (Å²) in [7, 11) is -3.71. The molecule has 0 amide bonds. The SMILES string of the molecule is O=S(=O)(NCc1cccc(Br)c1)c1cc(CO)oc1Br. The maximum atomic E-state index is 12.1. The molecule has 20 heavy (non-hydrogen) atoms. The molecular formula is C12H11Br2NO4S. The number of benzene rings is 1. The third-order valence-electron chi connectivity index (χ3n) is 2.51. The van der Waals surface area contributed by atoms with Crippen LogP contribution in [0.1, 0.15) is 11.3 Å². The molecule has 0 aliphatic heterocycles. The van der Waals surface area contributed by atoms with Gasteiger partial charge in [-0.2, -0.15) is 0 Å². The van der Waals surface area contributed by atoms with Crippen molar-refractivity contribution in [1.82, 2.24) is 4.72 Å². The van der Waals surface area contributed by atoms with Gasteiger partial charge in [0.05, 0.1) is 0 Å². The van der Waals surface area contributed by atoms with E-state index in [2.05, 4.69) is 36.6 Å². The highest BCUT2D eigenvalue weighted by atomic mass is 79.9. The zero-order chi connectivity index (χ0) is 14.8. The molecule has 0 atom stereocenters. The van der Waals surface area contributed by atoms with Gasteiger partial charge in [0.2, 0.25) is 10.0 Å². The monoisotopic (exact) mass is 423 g/mol. The van der Waals surface area contributed by atoms with Crippen molar-refractivity contribution in [2.75, 3.05) is 0 Å². The summed E-state index contributed by atoms with van der Waals surface area (Å²) in [4.78, 5) is -0.0310. The summed E-state index contributed by atoms with van der Waals surface area (Å²) in [6.45, 7) is -0.201. The number of rotatable bonds is 5. The lowest BCUT2D eigenvalue weighted by Crippen LogP contribution is -2.23. The largest absolute Gasteiger partial charge is 0.450 e. The quantitative estimate of drug-likeness (QED) is 0.773. The summed E-state index contributed by atoms with van der Waals surface area (Å²) in [6.07, 6.45) is 0. The summed E-state index contributed by atoms with van der Waals surface area (Å²) in [5.74, 6) is 0.180. The summed E-state index contributed by atoms with van der Waals surface area (Å²) in [5, 5.41) is 8.94. The van der Waals surface area contributed by atoms with Gasteiger partial charge in [-0.3, -0.25) is 0 Å². The first-order valence-electron chi connectivity index (χ1n) is 5.55. The molecule has 0 fully saturated rings. The number of halogens is 2. The predicted octanol–water partition coefficient (Wildman–Crippen LogP) is 2.78. The van der Waals surface area contributed by atoms with Crippen LogP contribution in [0.15, 0.2) is 48.8 Å². The van der Waals surface area contributed by atoms with E-state index in [0.29, 0.717) is 0 Å². The molecule has 2 N–H and O–H groups in total. The Hall–Kier alpha value is -0.670. The fourth-order valence-electron chi connectivity index (χ4n) is 1.56. The van der Waals surface area contributed by atoms with E-state index < -0.39 is 10.0 Å². The first kappa shape index (κ1) is 15.7. The van der Waals surface area contributed by atoms with E-state index in [1.807, 2.05) is 24.3 Å². The van der Waals surface area contributed by atoms with Crippen LogP contribution in [-0.2, 0) is 23.2 Å². The molecule has 5 nitrogen and oxygen atoms in total. The first-order valence-corrected chi connectivity index (χ1v) is 8.62. The van der Waals surface area contributed by atoms with E-state index >= 15 is 0 Å². The molecule has 108 valence electrons. The van der Waals surface area contributed by atoms with Crippen molar-refractivity contribution in [2.45, 2.75) is 18.0 Å². The van der Waals surface area contributed by atoms with Crippen molar-refractivity contribution < 1.29 is 17.9 Å². The number of hydrogen-bond donors (Lipinski definition) is 2. The number of aliphatic hydroxyl groups is 1. The predicted molar refractivity (Wildman–Crippen MR) is 80.5 cm³/mol. The Balaban J connectivity index is 2.17. The fourth-order valence-corrected chi connectivity index (χ4v) is 4.02. The van der Waals surface area contributed by atoms with Gasteiger partial charge in [-0.25, -0.2) is 13.1 Å². The van der Waals surface area contributed by atoms with Crippen LogP contribution in [0.4, 0.5) is 0 Å². The molecule has 0 unspecified atom stereocenters. The van der Waals surface area contributed by atoms with Crippen LogP contribution in [0.5, 0.6) is 0 Å². The van der Waals surface area contributed by atoms with Crippen LogP contribution in [0.25, 0.3) is 0 Å². The minimum atomic E-state index is -3.71. The Bertz CT molecular complexity index is 712. The maximum Gasteiger partial charge on any atom is 0.245 e. The maximum absolute atomic E-state index is 12.1. The van der Waals surface area contributed by atoms with Gasteiger partial charge in [0, 0.05) is 17.1 Å². The molecule has 1 aromatic carbocycles. The lowest BCUT2D eigenvalue weighted by molar-refractivity contribution is 0.245. The first-order chi connectivity index (χ1) is 9.42. The Morgan fingerprint density at radius 3 is 2.60 bits per heavy atom. The third kappa shape index (κ3) is 3.70. The van der Waals surface area contributed by atoms with Gasteiger partial charge in [0.25, 0.3) is 0 Å². The molecule has 2 rings (SSSR count). The van der Waals surface area contributed by atoms with Crippen LogP contribution in [0, 0.1) is 0 Å². The van der Waals surface area contributed by atoms with E-state index in [1.165, 1.54) is 6.07 Å². The van der Waals surface area contributed by atoms with Crippen LogP contribution >= 0.6 is 31.9 Å². The second-order valence-electron chi connectivity index (χ2n) is 3.96. The van der Waals surface area contributed by atoms with E-state index in [9.17, 15) is 8.42 Å². The second-order valence-corrected chi connectivity index (χ2v) is 7.33. The zero-order valence-electron chi connectivity index (χ0n) is 10.1. The number of nitrogens with one attached hydrogen (secondary N) is 1. The van der Waals surface area contributed by atoms with E-state index in [0.717, 1.165) is 10.0 Å².